The van der Waals surface area contributed by atoms with Crippen molar-refractivity contribution in [3.8, 4) is 0 Å². The first-order chi connectivity index (χ1) is 4.92. The minimum atomic E-state index is 0.507. The quantitative estimate of drug-likeness (QED) is 0.537. The van der Waals surface area contributed by atoms with E-state index in [0.29, 0.717) is 12.3 Å². The molecule has 0 saturated carbocycles. The zero-order chi connectivity index (χ0) is 6.97. The molecule has 2 rings (SSSR count). The number of nitrogens with zero attached hydrogens (tertiary/aromatic N) is 1. The van der Waals surface area contributed by atoms with Crippen LogP contribution in [0.2, 0.25) is 0 Å². The van der Waals surface area contributed by atoms with Gasteiger partial charge in [0.05, 0.1) is 6.10 Å². The summed E-state index contributed by atoms with van der Waals surface area (Å²) in [6.07, 6.45) is 5.00. The maximum atomic E-state index is 5.48. The number of hydrogen-bond donors (Lipinski definition) is 0. The average molecular weight is 141 g/mol. The predicted molar refractivity (Wildman–Crippen MR) is 39.8 cm³/mol. The van der Waals surface area contributed by atoms with Gasteiger partial charge >= 0.3 is 0 Å². The van der Waals surface area contributed by atoms with Crippen LogP contribution in [0, 0.1) is 0 Å². The van der Waals surface area contributed by atoms with Crippen molar-refractivity contribution in [2.24, 2.45) is 0 Å². The highest BCUT2D eigenvalue weighted by Gasteiger charge is 2.42. The van der Waals surface area contributed by atoms with E-state index in [1.807, 2.05) is 0 Å². The molecule has 2 heteroatoms. The van der Waals surface area contributed by atoms with Crippen LogP contribution in [-0.2, 0) is 4.74 Å². The minimum absolute atomic E-state index is 0.507. The van der Waals surface area contributed by atoms with Crippen molar-refractivity contribution < 1.29 is 4.74 Å². The van der Waals surface area contributed by atoms with Crippen LogP contribution in [-0.4, -0.2) is 30.3 Å². The summed E-state index contributed by atoms with van der Waals surface area (Å²) < 4.78 is 5.48. The maximum absolute atomic E-state index is 5.48. The molecule has 2 aliphatic rings. The van der Waals surface area contributed by atoms with Crippen LogP contribution in [0.1, 0.15) is 26.2 Å². The molecule has 2 atom stereocenters. The standard InChI is InChI=1S/C8H15NO/c1-2-7-8(10-7)9-5-3-4-6-9/h7-8H,2-6H2,1H3. The lowest BCUT2D eigenvalue weighted by Gasteiger charge is -2.09. The summed E-state index contributed by atoms with van der Waals surface area (Å²) in [6, 6.07) is 0. The number of rotatable bonds is 2. The molecule has 0 N–H and O–H groups in total. The summed E-state index contributed by atoms with van der Waals surface area (Å²) in [4.78, 5) is 2.47. The summed E-state index contributed by atoms with van der Waals surface area (Å²) in [5.74, 6) is 0. The first kappa shape index (κ1) is 6.62. The van der Waals surface area contributed by atoms with Gasteiger partial charge in [0.15, 0.2) is 0 Å². The van der Waals surface area contributed by atoms with E-state index in [-0.39, 0.29) is 0 Å². The Kier molecular flexibility index (Phi) is 1.66. The molecule has 0 aromatic heterocycles. The Morgan fingerprint density at radius 2 is 2.10 bits per heavy atom. The van der Waals surface area contributed by atoms with Crippen LogP contribution in [0.5, 0.6) is 0 Å². The second-order valence-electron chi connectivity index (χ2n) is 3.22. The molecule has 2 unspecified atom stereocenters. The van der Waals surface area contributed by atoms with Crippen molar-refractivity contribution in [1.29, 1.82) is 0 Å². The fourth-order valence-corrected chi connectivity index (χ4v) is 1.75. The molecule has 2 nitrogen and oxygen atoms in total. The van der Waals surface area contributed by atoms with Gasteiger partial charge in [0.1, 0.15) is 6.23 Å². The summed E-state index contributed by atoms with van der Waals surface area (Å²) in [7, 11) is 0. The van der Waals surface area contributed by atoms with Crippen molar-refractivity contribution in [3.05, 3.63) is 0 Å². The topological polar surface area (TPSA) is 15.8 Å². The van der Waals surface area contributed by atoms with Crippen molar-refractivity contribution in [1.82, 2.24) is 4.90 Å². The fraction of sp³-hybridized carbons (Fsp3) is 1.00. The normalized spacial score (nSPS) is 40.5. The first-order valence-electron chi connectivity index (χ1n) is 4.31. The van der Waals surface area contributed by atoms with E-state index in [1.165, 1.54) is 32.4 Å². The Bertz CT molecular complexity index is 120. The largest absolute Gasteiger partial charge is 0.353 e. The number of likely N-dealkylation sites (tertiary alicyclic amines) is 1. The Morgan fingerprint density at radius 1 is 1.40 bits per heavy atom. The average Bonchev–Trinajstić information content (AvgIpc) is 2.56. The highest BCUT2D eigenvalue weighted by Crippen LogP contribution is 2.30. The van der Waals surface area contributed by atoms with Gasteiger partial charge in [-0.2, -0.15) is 0 Å². The van der Waals surface area contributed by atoms with Crippen LogP contribution < -0.4 is 0 Å². The van der Waals surface area contributed by atoms with Gasteiger partial charge in [-0.3, -0.25) is 4.90 Å². The zero-order valence-electron chi connectivity index (χ0n) is 6.55. The van der Waals surface area contributed by atoms with E-state index in [0.717, 1.165) is 0 Å². The third kappa shape index (κ3) is 1.06. The second kappa shape index (κ2) is 2.51. The van der Waals surface area contributed by atoms with E-state index < -0.39 is 0 Å². The maximum Gasteiger partial charge on any atom is 0.137 e. The second-order valence-corrected chi connectivity index (χ2v) is 3.22. The van der Waals surface area contributed by atoms with Crippen LogP contribution in [0.4, 0.5) is 0 Å². The van der Waals surface area contributed by atoms with E-state index >= 15 is 0 Å². The van der Waals surface area contributed by atoms with E-state index in [1.54, 1.807) is 0 Å². The SMILES string of the molecule is CCC1OC1N1CCCC1. The van der Waals surface area contributed by atoms with Crippen LogP contribution in [0.25, 0.3) is 0 Å². The molecule has 0 aliphatic carbocycles. The van der Waals surface area contributed by atoms with Gasteiger partial charge in [0.25, 0.3) is 0 Å². The Labute approximate surface area is 62.2 Å². The number of epoxide rings is 1. The third-order valence-corrected chi connectivity index (χ3v) is 2.46. The summed E-state index contributed by atoms with van der Waals surface area (Å²) in [5, 5.41) is 0. The van der Waals surface area contributed by atoms with Crippen LogP contribution in [0.3, 0.4) is 0 Å². The van der Waals surface area contributed by atoms with Gasteiger partial charge in [0.2, 0.25) is 0 Å². The molecule has 2 saturated heterocycles. The molecule has 0 aromatic rings. The molecule has 2 fully saturated rings. The van der Waals surface area contributed by atoms with E-state index in [2.05, 4.69) is 11.8 Å². The van der Waals surface area contributed by atoms with Gasteiger partial charge in [-0.1, -0.05) is 6.92 Å². The Morgan fingerprint density at radius 3 is 2.60 bits per heavy atom. The van der Waals surface area contributed by atoms with Crippen molar-refractivity contribution >= 4 is 0 Å². The highest BCUT2D eigenvalue weighted by atomic mass is 16.6. The monoisotopic (exact) mass is 141 g/mol. The molecule has 2 heterocycles. The molecule has 2 aliphatic heterocycles. The molecule has 0 spiro atoms. The first-order valence-corrected chi connectivity index (χ1v) is 4.31. The van der Waals surface area contributed by atoms with Crippen LogP contribution in [0.15, 0.2) is 0 Å². The van der Waals surface area contributed by atoms with Crippen molar-refractivity contribution in [3.63, 3.8) is 0 Å². The van der Waals surface area contributed by atoms with E-state index in [9.17, 15) is 0 Å². The lowest BCUT2D eigenvalue weighted by atomic mass is 10.3. The fourth-order valence-electron chi connectivity index (χ4n) is 1.75. The molecule has 10 heavy (non-hydrogen) atoms. The molecular weight excluding hydrogens is 126 g/mol. The molecule has 0 aromatic carbocycles. The van der Waals surface area contributed by atoms with Crippen molar-refractivity contribution in [2.45, 2.75) is 38.5 Å². The number of hydrogen-bond acceptors (Lipinski definition) is 2. The molecule has 0 amide bonds. The molecule has 58 valence electrons. The Hall–Kier alpha value is -0.0800. The third-order valence-electron chi connectivity index (χ3n) is 2.46. The van der Waals surface area contributed by atoms with Crippen molar-refractivity contribution in [2.75, 3.05) is 13.1 Å². The van der Waals surface area contributed by atoms with Gasteiger partial charge in [-0.25, -0.2) is 0 Å². The highest BCUT2D eigenvalue weighted by molar-refractivity contribution is 4.86. The smallest absolute Gasteiger partial charge is 0.137 e. The molecule has 0 radical (unpaired) electrons. The Balaban J connectivity index is 1.79. The van der Waals surface area contributed by atoms with Crippen LogP contribution >= 0.6 is 0 Å². The zero-order valence-corrected chi connectivity index (χ0v) is 6.55. The summed E-state index contributed by atoms with van der Waals surface area (Å²) in [6.45, 7) is 4.73. The molecule has 0 bridgehead atoms. The number of ether oxygens (including phenoxy) is 1. The predicted octanol–water partition coefficient (Wildman–Crippen LogP) is 1.22. The van der Waals surface area contributed by atoms with Gasteiger partial charge < -0.3 is 4.74 Å². The van der Waals surface area contributed by atoms with Gasteiger partial charge in [-0.05, 0) is 19.3 Å². The summed E-state index contributed by atoms with van der Waals surface area (Å²) >= 11 is 0. The lowest BCUT2D eigenvalue weighted by Crippen LogP contribution is -2.24. The minimum Gasteiger partial charge on any atom is -0.353 e. The summed E-state index contributed by atoms with van der Waals surface area (Å²) in [5.41, 5.74) is 0. The van der Waals surface area contributed by atoms with Gasteiger partial charge in [-0.15, -0.1) is 0 Å². The lowest BCUT2D eigenvalue weighted by molar-refractivity contribution is 0.210. The van der Waals surface area contributed by atoms with E-state index in [4.69, 9.17) is 4.74 Å². The molecular formula is C8H15NO. The van der Waals surface area contributed by atoms with Gasteiger partial charge in [0, 0.05) is 13.1 Å².